The molecule has 0 unspecified atom stereocenters. The number of unbranched alkanes of at least 4 members (excludes halogenated alkanes) is 3. The minimum absolute atomic E-state index is 0.110. The molecule has 4 aromatic carbocycles. The largest absolute Gasteiger partial charge is 0.493 e. The van der Waals surface area contributed by atoms with Crippen LogP contribution in [-0.4, -0.2) is 50.3 Å². The average Bonchev–Trinajstić information content (AvgIpc) is 3.09. The first-order valence-electron chi connectivity index (χ1n) is 17.2. The molecule has 1 saturated heterocycles. The molecule has 5 rings (SSSR count). The van der Waals surface area contributed by atoms with Crippen molar-refractivity contribution in [2.24, 2.45) is 0 Å². The van der Waals surface area contributed by atoms with Crippen molar-refractivity contribution >= 4 is 5.97 Å². The van der Waals surface area contributed by atoms with Gasteiger partial charge in [0.15, 0.2) is 6.61 Å². The molecule has 0 spiro atoms. The van der Waals surface area contributed by atoms with Gasteiger partial charge < -0.3 is 19.1 Å². The quantitative estimate of drug-likeness (QED) is 0.0873. The lowest BCUT2D eigenvalue weighted by Gasteiger charge is -2.26. The number of rotatable bonds is 17. The monoisotopic (exact) mass is 619 g/mol. The van der Waals surface area contributed by atoms with Crippen LogP contribution in [0.2, 0.25) is 0 Å². The summed E-state index contributed by atoms with van der Waals surface area (Å²) >= 11 is 0. The van der Waals surface area contributed by atoms with Gasteiger partial charge in [0, 0.05) is 12.8 Å². The van der Waals surface area contributed by atoms with Crippen LogP contribution in [0.5, 0.6) is 11.5 Å². The van der Waals surface area contributed by atoms with Gasteiger partial charge in [0.05, 0.1) is 13.2 Å². The van der Waals surface area contributed by atoms with Crippen LogP contribution in [0.1, 0.15) is 74.1 Å². The zero-order valence-electron chi connectivity index (χ0n) is 27.4. The molecule has 0 atom stereocenters. The molecule has 46 heavy (non-hydrogen) atoms. The first-order valence-corrected chi connectivity index (χ1v) is 17.2. The molecular formula is C41H49NO4. The van der Waals surface area contributed by atoms with E-state index < -0.39 is 0 Å². The van der Waals surface area contributed by atoms with Crippen molar-refractivity contribution in [2.45, 2.75) is 64.7 Å². The highest BCUT2D eigenvalue weighted by Crippen LogP contribution is 2.33. The van der Waals surface area contributed by atoms with E-state index in [1.165, 1.54) is 74.8 Å². The van der Waals surface area contributed by atoms with E-state index in [2.05, 4.69) is 77.7 Å². The van der Waals surface area contributed by atoms with Gasteiger partial charge in [-0.1, -0.05) is 92.1 Å². The number of likely N-dealkylation sites (tertiary alicyclic amines) is 1. The Morgan fingerprint density at radius 3 is 1.80 bits per heavy atom. The van der Waals surface area contributed by atoms with E-state index in [9.17, 15) is 4.79 Å². The Bertz CT molecular complexity index is 1480. The van der Waals surface area contributed by atoms with Crippen LogP contribution in [0, 0.1) is 0 Å². The molecule has 1 aliphatic heterocycles. The molecule has 1 aliphatic rings. The van der Waals surface area contributed by atoms with Crippen LogP contribution < -0.4 is 9.47 Å². The average molecular weight is 620 g/mol. The number of hydrogen-bond donors (Lipinski definition) is 0. The van der Waals surface area contributed by atoms with Crippen molar-refractivity contribution in [1.29, 1.82) is 0 Å². The number of hydrogen-bond acceptors (Lipinski definition) is 5. The SMILES string of the molecule is CCOC(=O)COc1ccc(-c2ccc(OCCCCCCN3CCCCC3)c(Cc3ccccc3)c2)cc1Cc1ccccc1. The molecule has 1 heterocycles. The number of piperidine rings is 1. The summed E-state index contributed by atoms with van der Waals surface area (Å²) in [5.74, 6) is 1.29. The van der Waals surface area contributed by atoms with Gasteiger partial charge in [-0.15, -0.1) is 0 Å². The Labute approximate surface area is 275 Å². The molecule has 0 radical (unpaired) electrons. The first kappa shape index (κ1) is 33.3. The minimum atomic E-state index is -0.365. The summed E-state index contributed by atoms with van der Waals surface area (Å²) in [6.07, 6.45) is 10.5. The van der Waals surface area contributed by atoms with Crippen LogP contribution >= 0.6 is 0 Å². The van der Waals surface area contributed by atoms with Crippen LogP contribution in [-0.2, 0) is 22.4 Å². The summed E-state index contributed by atoms with van der Waals surface area (Å²) < 4.78 is 17.5. The highest BCUT2D eigenvalue weighted by molar-refractivity contribution is 5.72. The molecule has 0 aliphatic carbocycles. The third-order valence-electron chi connectivity index (χ3n) is 8.65. The zero-order valence-corrected chi connectivity index (χ0v) is 27.4. The van der Waals surface area contributed by atoms with Crippen LogP contribution in [0.4, 0.5) is 0 Å². The smallest absolute Gasteiger partial charge is 0.344 e. The number of carbonyl (C=O) groups is 1. The normalized spacial score (nSPS) is 13.3. The Morgan fingerprint density at radius 2 is 1.22 bits per heavy atom. The fraction of sp³-hybridized carbons (Fsp3) is 0.390. The maximum Gasteiger partial charge on any atom is 0.344 e. The molecule has 0 aromatic heterocycles. The van der Waals surface area contributed by atoms with Gasteiger partial charge in [-0.2, -0.15) is 0 Å². The predicted octanol–water partition coefficient (Wildman–Crippen LogP) is 8.90. The molecule has 5 heteroatoms. The molecule has 1 fully saturated rings. The van der Waals surface area contributed by atoms with E-state index in [0.29, 0.717) is 18.8 Å². The lowest BCUT2D eigenvalue weighted by molar-refractivity contribution is -0.145. The molecule has 0 amide bonds. The number of nitrogens with zero attached hydrogens (tertiary/aromatic N) is 1. The first-order chi connectivity index (χ1) is 22.7. The molecule has 0 bridgehead atoms. The van der Waals surface area contributed by atoms with Crippen molar-refractivity contribution < 1.29 is 19.0 Å². The third-order valence-corrected chi connectivity index (χ3v) is 8.65. The van der Waals surface area contributed by atoms with Crippen LogP contribution in [0.25, 0.3) is 11.1 Å². The number of ether oxygens (including phenoxy) is 3. The summed E-state index contributed by atoms with van der Waals surface area (Å²) in [7, 11) is 0. The van der Waals surface area contributed by atoms with Gasteiger partial charge in [0.2, 0.25) is 0 Å². The van der Waals surface area contributed by atoms with Crippen molar-refractivity contribution in [3.63, 3.8) is 0 Å². The lowest BCUT2D eigenvalue weighted by Crippen LogP contribution is -2.30. The minimum Gasteiger partial charge on any atom is -0.493 e. The van der Waals surface area contributed by atoms with Gasteiger partial charge in [-0.3, -0.25) is 0 Å². The van der Waals surface area contributed by atoms with E-state index in [0.717, 1.165) is 41.9 Å². The maximum atomic E-state index is 12.0. The Kier molecular flexibility index (Phi) is 13.1. The molecule has 5 nitrogen and oxygen atoms in total. The standard InChI is InChI=1S/C41H49NO4/c1-2-44-41(43)32-46-40-23-21-36(31-38(40)29-34-18-10-6-11-19-34)35-20-22-39(37(30-35)28-33-16-8-5-9-17-33)45-27-15-4-3-12-24-42-25-13-7-14-26-42/h5-6,8-11,16-23,30-31H,2-4,7,12-15,24-29,32H2,1H3. The summed E-state index contributed by atoms with van der Waals surface area (Å²) in [5.41, 5.74) is 6.88. The number of carbonyl (C=O) groups excluding carboxylic acids is 1. The van der Waals surface area contributed by atoms with Gasteiger partial charge in [-0.05, 0) is 110 Å². The van der Waals surface area contributed by atoms with E-state index in [-0.39, 0.29) is 12.6 Å². The zero-order chi connectivity index (χ0) is 31.8. The van der Waals surface area contributed by atoms with Crippen molar-refractivity contribution in [3.05, 3.63) is 119 Å². The summed E-state index contributed by atoms with van der Waals surface area (Å²) in [6, 6.07) is 33.7. The molecule has 0 N–H and O–H groups in total. The Hall–Kier alpha value is -4.09. The van der Waals surface area contributed by atoms with E-state index in [1.54, 1.807) is 6.92 Å². The summed E-state index contributed by atoms with van der Waals surface area (Å²) in [5, 5.41) is 0. The predicted molar refractivity (Wildman–Crippen MR) is 187 cm³/mol. The Morgan fingerprint density at radius 1 is 0.652 bits per heavy atom. The molecule has 242 valence electrons. The number of esters is 1. The Balaban J connectivity index is 1.29. The second-order valence-electron chi connectivity index (χ2n) is 12.2. The van der Waals surface area contributed by atoms with Crippen LogP contribution in [0.3, 0.4) is 0 Å². The molecule has 4 aromatic rings. The fourth-order valence-electron chi connectivity index (χ4n) is 6.20. The summed E-state index contributed by atoms with van der Waals surface area (Å²) in [6.45, 7) is 6.57. The van der Waals surface area contributed by atoms with Gasteiger partial charge in [0.1, 0.15) is 11.5 Å². The highest BCUT2D eigenvalue weighted by Gasteiger charge is 2.14. The number of benzene rings is 4. The topological polar surface area (TPSA) is 48.0 Å². The lowest BCUT2D eigenvalue weighted by atomic mass is 9.95. The fourth-order valence-corrected chi connectivity index (χ4v) is 6.20. The van der Waals surface area contributed by atoms with Gasteiger partial charge >= 0.3 is 5.97 Å². The van der Waals surface area contributed by atoms with Crippen molar-refractivity contribution in [1.82, 2.24) is 4.90 Å². The van der Waals surface area contributed by atoms with Crippen molar-refractivity contribution in [2.75, 3.05) is 39.5 Å². The van der Waals surface area contributed by atoms with Crippen molar-refractivity contribution in [3.8, 4) is 22.6 Å². The van der Waals surface area contributed by atoms with Crippen LogP contribution in [0.15, 0.2) is 97.1 Å². The maximum absolute atomic E-state index is 12.0. The van der Waals surface area contributed by atoms with E-state index in [4.69, 9.17) is 14.2 Å². The van der Waals surface area contributed by atoms with E-state index in [1.807, 2.05) is 24.3 Å². The summed E-state index contributed by atoms with van der Waals surface area (Å²) in [4.78, 5) is 14.7. The molecule has 0 saturated carbocycles. The van der Waals surface area contributed by atoms with E-state index >= 15 is 0 Å². The second kappa shape index (κ2) is 18.2. The third kappa shape index (κ3) is 10.5. The molecular weight excluding hydrogens is 570 g/mol. The van der Waals surface area contributed by atoms with Gasteiger partial charge in [-0.25, -0.2) is 4.79 Å². The second-order valence-corrected chi connectivity index (χ2v) is 12.2. The van der Waals surface area contributed by atoms with Gasteiger partial charge in [0.25, 0.3) is 0 Å². The highest BCUT2D eigenvalue weighted by atomic mass is 16.6.